The van der Waals surface area contributed by atoms with Crippen molar-refractivity contribution in [2.75, 3.05) is 7.11 Å². The van der Waals surface area contributed by atoms with E-state index < -0.39 is 15.0 Å². The van der Waals surface area contributed by atoms with Gasteiger partial charge in [-0.25, -0.2) is 13.2 Å². The van der Waals surface area contributed by atoms with Crippen LogP contribution in [0.5, 0.6) is 0 Å². The molecule has 8 heteroatoms. The second-order valence-corrected chi connectivity index (χ2v) is 6.17. The summed E-state index contributed by atoms with van der Waals surface area (Å²) in [5, 5.41) is 4.41. The third-order valence-electron chi connectivity index (χ3n) is 2.39. The minimum Gasteiger partial charge on any atom is -0.465 e. The predicted octanol–water partition coefficient (Wildman–Crippen LogP) is 1.29. The Bertz CT molecular complexity index is 736. The minimum atomic E-state index is -3.97. The Morgan fingerprint density at radius 3 is 2.67 bits per heavy atom. The number of halogens is 1. The molecule has 96 valence electrons. The highest BCUT2D eigenvalue weighted by atomic mass is 35.7. The van der Waals surface area contributed by atoms with Crippen LogP contribution in [0.3, 0.4) is 0 Å². The largest absolute Gasteiger partial charge is 0.465 e. The van der Waals surface area contributed by atoms with Crippen molar-refractivity contribution in [3.05, 3.63) is 23.9 Å². The van der Waals surface area contributed by atoms with Crippen LogP contribution in [-0.2, 0) is 20.8 Å². The standard InChI is InChI=1S/C10H9ClN2O4S/c1-13-5-7-8(12-13)3-6(10(14)17-2)4-9(7)18(11,15)16/h3-5H,1-2H3. The molecule has 0 aliphatic rings. The maximum Gasteiger partial charge on any atom is 0.337 e. The molecule has 0 radical (unpaired) electrons. The van der Waals surface area contributed by atoms with Crippen LogP contribution in [0.1, 0.15) is 10.4 Å². The first-order valence-corrected chi connectivity index (χ1v) is 7.14. The number of rotatable bonds is 2. The maximum absolute atomic E-state index is 11.5. The molecule has 6 nitrogen and oxygen atoms in total. The molecule has 0 bridgehead atoms. The molecule has 0 saturated carbocycles. The van der Waals surface area contributed by atoms with Crippen LogP contribution in [0, 0.1) is 0 Å². The van der Waals surface area contributed by atoms with E-state index in [9.17, 15) is 13.2 Å². The Kier molecular flexibility index (Phi) is 3.04. The van der Waals surface area contributed by atoms with Gasteiger partial charge in [0.2, 0.25) is 0 Å². The topological polar surface area (TPSA) is 78.3 Å². The molecule has 2 rings (SSSR count). The van der Waals surface area contributed by atoms with Gasteiger partial charge in [0.15, 0.2) is 0 Å². The summed E-state index contributed by atoms with van der Waals surface area (Å²) in [6, 6.07) is 2.63. The van der Waals surface area contributed by atoms with E-state index >= 15 is 0 Å². The van der Waals surface area contributed by atoms with Crippen LogP contribution in [-0.4, -0.2) is 31.3 Å². The SMILES string of the molecule is COC(=O)c1cc(S(=O)(=O)Cl)c2cn(C)nc2c1. The fourth-order valence-corrected chi connectivity index (χ4v) is 2.72. The number of carbonyl (C=O) groups excluding carboxylic acids is 1. The van der Waals surface area contributed by atoms with E-state index in [2.05, 4.69) is 9.84 Å². The third kappa shape index (κ3) is 2.19. The summed E-state index contributed by atoms with van der Waals surface area (Å²) in [6.45, 7) is 0. The van der Waals surface area contributed by atoms with Crippen LogP contribution < -0.4 is 0 Å². The van der Waals surface area contributed by atoms with Crippen LogP contribution in [0.25, 0.3) is 10.9 Å². The van der Waals surface area contributed by atoms with Gasteiger partial charge in [0.05, 0.1) is 23.1 Å². The number of hydrogen-bond donors (Lipinski definition) is 0. The van der Waals surface area contributed by atoms with Crippen LogP contribution in [0.4, 0.5) is 0 Å². The number of ether oxygens (including phenoxy) is 1. The van der Waals surface area contributed by atoms with Gasteiger partial charge in [-0.05, 0) is 12.1 Å². The van der Waals surface area contributed by atoms with E-state index in [4.69, 9.17) is 10.7 Å². The Hall–Kier alpha value is -1.60. The zero-order valence-corrected chi connectivity index (χ0v) is 11.1. The van der Waals surface area contributed by atoms with E-state index in [1.165, 1.54) is 30.1 Å². The molecule has 0 amide bonds. The van der Waals surface area contributed by atoms with Crippen molar-refractivity contribution in [3.8, 4) is 0 Å². The average molecular weight is 289 g/mol. The number of fused-ring (bicyclic) bond motifs is 1. The van der Waals surface area contributed by atoms with Gasteiger partial charge in [-0.3, -0.25) is 4.68 Å². The zero-order chi connectivity index (χ0) is 13.5. The van der Waals surface area contributed by atoms with Crippen LogP contribution in [0.2, 0.25) is 0 Å². The molecule has 0 aliphatic heterocycles. The molecule has 0 aliphatic carbocycles. The summed E-state index contributed by atoms with van der Waals surface area (Å²) < 4.78 is 29.0. The van der Waals surface area contributed by atoms with Gasteiger partial charge in [0, 0.05) is 29.3 Å². The summed E-state index contributed by atoms with van der Waals surface area (Å²) in [4.78, 5) is 11.3. The summed E-state index contributed by atoms with van der Waals surface area (Å²) in [6.07, 6.45) is 1.52. The minimum absolute atomic E-state index is 0.0860. The number of esters is 1. The van der Waals surface area contributed by atoms with E-state index in [-0.39, 0.29) is 10.5 Å². The second kappa shape index (κ2) is 4.25. The van der Waals surface area contributed by atoms with Crippen molar-refractivity contribution in [3.63, 3.8) is 0 Å². The molecule has 0 atom stereocenters. The number of benzene rings is 1. The lowest BCUT2D eigenvalue weighted by atomic mass is 10.2. The fourth-order valence-electron chi connectivity index (χ4n) is 1.65. The molecule has 0 unspecified atom stereocenters. The molecule has 2 aromatic rings. The van der Waals surface area contributed by atoms with Gasteiger partial charge in [-0.1, -0.05) is 0 Å². The van der Waals surface area contributed by atoms with Crippen LogP contribution >= 0.6 is 10.7 Å². The molecule has 18 heavy (non-hydrogen) atoms. The first kappa shape index (κ1) is 12.8. The van der Waals surface area contributed by atoms with Gasteiger partial charge >= 0.3 is 5.97 Å². The average Bonchev–Trinajstić information content (AvgIpc) is 2.65. The Balaban J connectivity index is 2.85. The molecule has 0 spiro atoms. The van der Waals surface area contributed by atoms with Crippen molar-refractivity contribution in [2.45, 2.75) is 4.90 Å². The number of methoxy groups -OCH3 is 1. The molecule has 1 aromatic carbocycles. The quantitative estimate of drug-likeness (QED) is 0.614. The van der Waals surface area contributed by atoms with E-state index in [1.807, 2.05) is 0 Å². The third-order valence-corrected chi connectivity index (χ3v) is 3.75. The molecular formula is C10H9ClN2O4S. The van der Waals surface area contributed by atoms with Crippen LogP contribution in [0.15, 0.2) is 23.2 Å². The van der Waals surface area contributed by atoms with Gasteiger partial charge < -0.3 is 4.74 Å². The first-order chi connectivity index (χ1) is 8.32. The molecule has 0 fully saturated rings. The molecule has 1 aromatic heterocycles. The molecule has 0 N–H and O–H groups in total. The van der Waals surface area contributed by atoms with E-state index in [0.717, 1.165) is 0 Å². The van der Waals surface area contributed by atoms with Gasteiger partial charge in [-0.15, -0.1) is 0 Å². The van der Waals surface area contributed by atoms with Crippen molar-refractivity contribution in [2.24, 2.45) is 7.05 Å². The second-order valence-electron chi connectivity index (χ2n) is 3.64. The highest BCUT2D eigenvalue weighted by Crippen LogP contribution is 2.27. The Labute approximate surface area is 108 Å². The van der Waals surface area contributed by atoms with E-state index in [1.54, 1.807) is 7.05 Å². The number of carbonyl (C=O) groups is 1. The smallest absolute Gasteiger partial charge is 0.337 e. The number of hydrogen-bond acceptors (Lipinski definition) is 5. The molecular weight excluding hydrogens is 280 g/mol. The monoisotopic (exact) mass is 288 g/mol. The van der Waals surface area contributed by atoms with Crippen molar-refractivity contribution in [1.82, 2.24) is 9.78 Å². The Morgan fingerprint density at radius 2 is 2.11 bits per heavy atom. The molecule has 1 heterocycles. The highest BCUT2D eigenvalue weighted by molar-refractivity contribution is 8.14. The van der Waals surface area contributed by atoms with Crippen molar-refractivity contribution in [1.29, 1.82) is 0 Å². The lowest BCUT2D eigenvalue weighted by molar-refractivity contribution is 0.0600. The van der Waals surface area contributed by atoms with Crippen molar-refractivity contribution >= 4 is 36.6 Å². The lowest BCUT2D eigenvalue weighted by Crippen LogP contribution is -2.03. The fraction of sp³-hybridized carbons (Fsp3) is 0.200. The van der Waals surface area contributed by atoms with Crippen molar-refractivity contribution < 1.29 is 17.9 Å². The van der Waals surface area contributed by atoms with Gasteiger partial charge in [0.25, 0.3) is 9.05 Å². The summed E-state index contributed by atoms with van der Waals surface area (Å²) in [5.74, 6) is -0.649. The summed E-state index contributed by atoms with van der Waals surface area (Å²) >= 11 is 0. The zero-order valence-electron chi connectivity index (χ0n) is 9.55. The van der Waals surface area contributed by atoms with Gasteiger partial charge in [0.1, 0.15) is 0 Å². The maximum atomic E-state index is 11.5. The number of aromatic nitrogens is 2. The first-order valence-electron chi connectivity index (χ1n) is 4.83. The predicted molar refractivity (Wildman–Crippen MR) is 65.1 cm³/mol. The summed E-state index contributed by atoms with van der Waals surface area (Å²) in [5.41, 5.74) is 0.447. The molecule has 0 saturated heterocycles. The Morgan fingerprint density at radius 1 is 1.44 bits per heavy atom. The summed E-state index contributed by atoms with van der Waals surface area (Å²) in [7, 11) is 4.23. The van der Waals surface area contributed by atoms with E-state index in [0.29, 0.717) is 10.9 Å². The number of nitrogens with zero attached hydrogens (tertiary/aromatic N) is 2. The number of aryl methyl sites for hydroxylation is 1. The lowest BCUT2D eigenvalue weighted by Gasteiger charge is -2.02. The van der Waals surface area contributed by atoms with Gasteiger partial charge in [-0.2, -0.15) is 5.10 Å². The highest BCUT2D eigenvalue weighted by Gasteiger charge is 2.20. The normalized spacial score (nSPS) is 11.7.